The fourth-order valence-electron chi connectivity index (χ4n) is 7.26. The lowest BCUT2D eigenvalue weighted by atomic mass is 9.47. The zero-order chi connectivity index (χ0) is 18.5. The molecule has 0 aliphatic heterocycles. The molecule has 0 aromatic carbocycles. The summed E-state index contributed by atoms with van der Waals surface area (Å²) in [6, 6.07) is 0.291. The standard InChI is InChI=1S/C21H32N2O3/c1-20-7-5-14(26)9-13(20)10-17(22-11-24)19-15-3-4-18(23-12-25)21(15,2)8-6-16(19)20/h10-12,14-19,26H,3-9H2,1-2H3,(H,22,24)(H,23,25)/t14?,15-,16-,17?,18?,19-,20-,21-/m0/s1. The smallest absolute Gasteiger partial charge is 0.207 e. The molecule has 144 valence electrons. The molecule has 26 heavy (non-hydrogen) atoms. The first-order chi connectivity index (χ1) is 12.4. The van der Waals surface area contributed by atoms with Crippen LogP contribution in [0.15, 0.2) is 11.6 Å². The van der Waals surface area contributed by atoms with E-state index in [0.29, 0.717) is 17.8 Å². The average Bonchev–Trinajstić information content (AvgIpc) is 2.94. The van der Waals surface area contributed by atoms with Gasteiger partial charge in [-0.3, -0.25) is 9.59 Å². The lowest BCUT2D eigenvalue weighted by Crippen LogP contribution is -2.58. The lowest BCUT2D eigenvalue weighted by Gasteiger charge is -2.59. The molecule has 0 aromatic rings. The van der Waals surface area contributed by atoms with Crippen molar-refractivity contribution < 1.29 is 14.7 Å². The highest BCUT2D eigenvalue weighted by molar-refractivity contribution is 5.49. The Balaban J connectivity index is 1.73. The number of fused-ring (bicyclic) bond motifs is 5. The first kappa shape index (κ1) is 18.0. The van der Waals surface area contributed by atoms with Crippen molar-refractivity contribution in [1.29, 1.82) is 0 Å². The molecule has 8 atom stereocenters. The Morgan fingerprint density at radius 3 is 2.54 bits per heavy atom. The zero-order valence-electron chi connectivity index (χ0n) is 15.9. The first-order valence-electron chi connectivity index (χ1n) is 10.2. The van der Waals surface area contributed by atoms with E-state index in [-0.39, 0.29) is 29.0 Å². The highest BCUT2D eigenvalue weighted by Crippen LogP contribution is 2.64. The van der Waals surface area contributed by atoms with Crippen LogP contribution in [-0.4, -0.2) is 36.1 Å². The molecule has 0 spiro atoms. The highest BCUT2D eigenvalue weighted by atomic mass is 16.3. The van der Waals surface area contributed by atoms with Crippen LogP contribution in [0.3, 0.4) is 0 Å². The molecule has 3 unspecified atom stereocenters. The minimum absolute atomic E-state index is 0.0467. The Morgan fingerprint density at radius 1 is 1.04 bits per heavy atom. The summed E-state index contributed by atoms with van der Waals surface area (Å²) >= 11 is 0. The summed E-state index contributed by atoms with van der Waals surface area (Å²) < 4.78 is 0. The summed E-state index contributed by atoms with van der Waals surface area (Å²) in [5, 5.41) is 16.4. The third-order valence-corrected chi connectivity index (χ3v) is 8.66. The van der Waals surface area contributed by atoms with Gasteiger partial charge in [-0.1, -0.05) is 25.5 Å². The molecule has 4 aliphatic rings. The molecule has 0 radical (unpaired) electrons. The topological polar surface area (TPSA) is 78.4 Å². The van der Waals surface area contributed by atoms with Crippen LogP contribution in [0.25, 0.3) is 0 Å². The lowest BCUT2D eigenvalue weighted by molar-refractivity contribution is -0.113. The predicted octanol–water partition coefficient (Wildman–Crippen LogP) is 2.15. The number of amides is 2. The number of hydrogen-bond donors (Lipinski definition) is 3. The second-order valence-corrected chi connectivity index (χ2v) is 9.57. The van der Waals surface area contributed by atoms with Gasteiger partial charge in [-0.05, 0) is 73.5 Å². The molecule has 0 aromatic heterocycles. The summed E-state index contributed by atoms with van der Waals surface area (Å²) in [6.45, 7) is 4.73. The van der Waals surface area contributed by atoms with Crippen LogP contribution < -0.4 is 10.6 Å². The van der Waals surface area contributed by atoms with E-state index < -0.39 is 0 Å². The minimum atomic E-state index is -0.246. The van der Waals surface area contributed by atoms with Crippen molar-refractivity contribution in [3.05, 3.63) is 11.6 Å². The van der Waals surface area contributed by atoms with Crippen LogP contribution in [0.2, 0.25) is 0 Å². The van der Waals surface area contributed by atoms with E-state index >= 15 is 0 Å². The highest BCUT2D eigenvalue weighted by Gasteiger charge is 2.60. The molecule has 4 rings (SSSR count). The summed E-state index contributed by atoms with van der Waals surface area (Å²) in [5.74, 6) is 1.47. The van der Waals surface area contributed by atoms with Crippen molar-refractivity contribution >= 4 is 12.8 Å². The third-order valence-electron chi connectivity index (χ3n) is 8.66. The fourth-order valence-corrected chi connectivity index (χ4v) is 7.26. The molecule has 0 saturated heterocycles. The van der Waals surface area contributed by atoms with Crippen LogP contribution in [0.1, 0.15) is 58.8 Å². The summed E-state index contributed by atoms with van der Waals surface area (Å²) in [7, 11) is 0. The van der Waals surface area contributed by atoms with Crippen molar-refractivity contribution in [3.8, 4) is 0 Å². The van der Waals surface area contributed by atoms with Gasteiger partial charge in [0.05, 0.1) is 12.1 Å². The van der Waals surface area contributed by atoms with Gasteiger partial charge in [0, 0.05) is 6.04 Å². The number of aliphatic hydroxyl groups is 1. The van der Waals surface area contributed by atoms with E-state index in [1.54, 1.807) is 0 Å². The number of aliphatic hydroxyl groups excluding tert-OH is 1. The SMILES string of the molecule is C[C@]12CCC(O)CC1=CC(NC=O)[C@@H]1[C@@H]2CC[C@]2(C)C(NC=O)CC[C@@H]12. The van der Waals surface area contributed by atoms with Gasteiger partial charge in [-0.25, -0.2) is 0 Å². The average molecular weight is 360 g/mol. The summed E-state index contributed by atoms with van der Waals surface area (Å²) in [4.78, 5) is 22.4. The maximum atomic E-state index is 11.3. The van der Waals surface area contributed by atoms with Gasteiger partial charge in [-0.2, -0.15) is 0 Å². The van der Waals surface area contributed by atoms with Crippen LogP contribution >= 0.6 is 0 Å². The Bertz CT molecular complexity index is 620. The normalized spacial score (nSPS) is 49.9. The number of carbonyl (C=O) groups is 2. The summed E-state index contributed by atoms with van der Waals surface area (Å²) in [5.41, 5.74) is 1.60. The van der Waals surface area contributed by atoms with E-state index in [0.717, 1.165) is 57.8 Å². The van der Waals surface area contributed by atoms with Gasteiger partial charge in [0.25, 0.3) is 0 Å². The zero-order valence-corrected chi connectivity index (χ0v) is 15.9. The van der Waals surface area contributed by atoms with Gasteiger partial charge in [0.1, 0.15) is 0 Å². The van der Waals surface area contributed by atoms with Crippen molar-refractivity contribution in [1.82, 2.24) is 10.6 Å². The van der Waals surface area contributed by atoms with Crippen molar-refractivity contribution in [2.75, 3.05) is 0 Å². The van der Waals surface area contributed by atoms with Crippen molar-refractivity contribution in [3.63, 3.8) is 0 Å². The monoisotopic (exact) mass is 360 g/mol. The van der Waals surface area contributed by atoms with Gasteiger partial charge >= 0.3 is 0 Å². The van der Waals surface area contributed by atoms with Crippen LogP contribution in [0.5, 0.6) is 0 Å². The number of carbonyl (C=O) groups excluding carboxylic acids is 2. The molecular weight excluding hydrogens is 328 g/mol. The largest absolute Gasteiger partial charge is 0.393 e. The van der Waals surface area contributed by atoms with E-state index in [9.17, 15) is 14.7 Å². The van der Waals surface area contributed by atoms with Crippen LogP contribution in [-0.2, 0) is 9.59 Å². The fraction of sp³-hybridized carbons (Fsp3) is 0.810. The molecule has 3 N–H and O–H groups in total. The quantitative estimate of drug-likeness (QED) is 0.531. The van der Waals surface area contributed by atoms with Crippen LogP contribution in [0.4, 0.5) is 0 Å². The maximum Gasteiger partial charge on any atom is 0.207 e. The molecule has 0 heterocycles. The molecule has 3 fully saturated rings. The molecule has 5 nitrogen and oxygen atoms in total. The van der Waals surface area contributed by atoms with Gasteiger partial charge in [0.2, 0.25) is 12.8 Å². The molecule has 2 amide bonds. The Kier molecular flexibility index (Phi) is 4.41. The van der Waals surface area contributed by atoms with Gasteiger partial charge in [0.15, 0.2) is 0 Å². The Morgan fingerprint density at radius 2 is 1.81 bits per heavy atom. The minimum Gasteiger partial charge on any atom is -0.393 e. The van der Waals surface area contributed by atoms with E-state index in [1.807, 2.05) is 0 Å². The summed E-state index contributed by atoms with van der Waals surface area (Å²) in [6.07, 6.45) is 10.8. The van der Waals surface area contributed by atoms with E-state index in [2.05, 4.69) is 30.6 Å². The van der Waals surface area contributed by atoms with Gasteiger partial charge < -0.3 is 15.7 Å². The predicted molar refractivity (Wildman–Crippen MR) is 99.1 cm³/mol. The second-order valence-electron chi connectivity index (χ2n) is 9.57. The molecule has 3 saturated carbocycles. The first-order valence-corrected chi connectivity index (χ1v) is 10.2. The Hall–Kier alpha value is -1.36. The molecular formula is C21H32N2O3. The number of nitrogens with one attached hydrogen (secondary N) is 2. The Labute approximate surface area is 156 Å². The van der Waals surface area contributed by atoms with Gasteiger partial charge in [-0.15, -0.1) is 0 Å². The van der Waals surface area contributed by atoms with Crippen molar-refractivity contribution in [2.24, 2.45) is 28.6 Å². The number of hydrogen-bond acceptors (Lipinski definition) is 3. The van der Waals surface area contributed by atoms with E-state index in [1.165, 1.54) is 5.57 Å². The molecule has 5 heteroatoms. The third kappa shape index (κ3) is 2.46. The van der Waals surface area contributed by atoms with Crippen molar-refractivity contribution in [2.45, 2.75) is 77.0 Å². The molecule has 0 bridgehead atoms. The second kappa shape index (κ2) is 6.36. The van der Waals surface area contributed by atoms with Crippen LogP contribution in [0, 0.1) is 28.6 Å². The number of rotatable bonds is 4. The van der Waals surface area contributed by atoms with E-state index in [4.69, 9.17) is 0 Å². The molecule has 4 aliphatic carbocycles. The maximum absolute atomic E-state index is 11.3.